The van der Waals surface area contributed by atoms with Crippen molar-refractivity contribution in [1.29, 1.82) is 0 Å². The maximum Gasteiger partial charge on any atom is 0.142 e. The number of pyridine rings is 2. The minimum Gasteiger partial charge on any atom is -0.305 e. The second kappa shape index (κ2) is 4.30. The molecule has 1 unspecified atom stereocenters. The standard InChI is InChI=1S/C12H8ClFN3P/c13-9-5-17-6-10(16-12(17)2-11(9)18)7-1-8(14)4-15-3-7/h1-6H,18H2. The molecule has 0 aliphatic rings. The van der Waals surface area contributed by atoms with Gasteiger partial charge in [0.05, 0.1) is 16.9 Å². The first-order valence-electron chi connectivity index (χ1n) is 5.18. The van der Waals surface area contributed by atoms with Crippen LogP contribution in [0.5, 0.6) is 0 Å². The molecule has 0 radical (unpaired) electrons. The van der Waals surface area contributed by atoms with Gasteiger partial charge in [0.15, 0.2) is 0 Å². The van der Waals surface area contributed by atoms with Crippen LogP contribution in [-0.4, -0.2) is 14.4 Å². The van der Waals surface area contributed by atoms with Crippen molar-refractivity contribution in [2.75, 3.05) is 0 Å². The lowest BCUT2D eigenvalue weighted by molar-refractivity contribution is 0.622. The van der Waals surface area contributed by atoms with E-state index in [2.05, 4.69) is 19.2 Å². The third kappa shape index (κ3) is 1.98. The number of nitrogens with zero attached hydrogens (tertiary/aromatic N) is 3. The van der Waals surface area contributed by atoms with E-state index in [1.807, 2.05) is 6.07 Å². The first kappa shape index (κ1) is 11.6. The van der Waals surface area contributed by atoms with E-state index in [0.717, 1.165) is 17.1 Å². The van der Waals surface area contributed by atoms with Crippen LogP contribution in [0.2, 0.25) is 5.02 Å². The molecule has 0 aromatic carbocycles. The van der Waals surface area contributed by atoms with Gasteiger partial charge in [0, 0.05) is 24.2 Å². The highest BCUT2D eigenvalue weighted by molar-refractivity contribution is 7.28. The summed E-state index contributed by atoms with van der Waals surface area (Å²) >= 11 is 6.03. The third-order valence-electron chi connectivity index (χ3n) is 2.57. The van der Waals surface area contributed by atoms with Crippen molar-refractivity contribution in [3.63, 3.8) is 0 Å². The smallest absolute Gasteiger partial charge is 0.142 e. The number of rotatable bonds is 1. The number of aromatic nitrogens is 3. The summed E-state index contributed by atoms with van der Waals surface area (Å²) in [5, 5.41) is 1.51. The first-order chi connectivity index (χ1) is 8.63. The Kier molecular flexibility index (Phi) is 2.77. The Balaban J connectivity index is 2.19. The predicted molar refractivity (Wildman–Crippen MR) is 72.7 cm³/mol. The topological polar surface area (TPSA) is 30.2 Å². The van der Waals surface area contributed by atoms with Crippen molar-refractivity contribution < 1.29 is 4.39 Å². The van der Waals surface area contributed by atoms with Gasteiger partial charge in [-0.15, -0.1) is 9.24 Å². The highest BCUT2D eigenvalue weighted by Gasteiger charge is 2.07. The summed E-state index contributed by atoms with van der Waals surface area (Å²) in [6.07, 6.45) is 6.30. The molecule has 0 spiro atoms. The third-order valence-corrected chi connectivity index (χ3v) is 3.55. The summed E-state index contributed by atoms with van der Waals surface area (Å²) in [5.74, 6) is -0.380. The summed E-state index contributed by atoms with van der Waals surface area (Å²) in [6.45, 7) is 0. The number of hydrogen-bond acceptors (Lipinski definition) is 2. The van der Waals surface area contributed by atoms with Crippen molar-refractivity contribution >= 4 is 31.8 Å². The Morgan fingerprint density at radius 2 is 2.06 bits per heavy atom. The summed E-state index contributed by atoms with van der Waals surface area (Å²) in [4.78, 5) is 8.22. The van der Waals surface area contributed by atoms with Crippen molar-refractivity contribution in [1.82, 2.24) is 14.4 Å². The minimum absolute atomic E-state index is 0.380. The lowest BCUT2D eigenvalue weighted by Crippen LogP contribution is -1.95. The van der Waals surface area contributed by atoms with Gasteiger partial charge < -0.3 is 4.40 Å². The van der Waals surface area contributed by atoms with Crippen LogP contribution in [0.15, 0.2) is 36.9 Å². The van der Waals surface area contributed by atoms with Crippen LogP contribution in [0.25, 0.3) is 16.9 Å². The molecule has 3 aromatic heterocycles. The predicted octanol–water partition coefficient (Wildman–Crippen LogP) is 2.69. The number of halogens is 2. The Bertz CT molecular complexity index is 702. The Hall–Kier alpha value is -1.51. The Morgan fingerprint density at radius 1 is 1.22 bits per heavy atom. The molecule has 0 saturated heterocycles. The molecule has 0 bridgehead atoms. The van der Waals surface area contributed by atoms with Gasteiger partial charge in [0.1, 0.15) is 11.5 Å². The molecule has 1 atom stereocenters. The Labute approximate surface area is 110 Å². The molecule has 0 saturated carbocycles. The van der Waals surface area contributed by atoms with E-state index in [1.54, 1.807) is 23.0 Å². The largest absolute Gasteiger partial charge is 0.305 e. The van der Waals surface area contributed by atoms with E-state index in [0.29, 0.717) is 16.3 Å². The molecule has 0 N–H and O–H groups in total. The van der Waals surface area contributed by atoms with Crippen LogP contribution < -0.4 is 5.30 Å². The molecule has 0 aliphatic heterocycles. The molecule has 0 aliphatic carbocycles. The molecular formula is C12H8ClFN3P. The fourth-order valence-corrected chi connectivity index (χ4v) is 2.10. The fraction of sp³-hybridized carbons (Fsp3) is 0. The fourth-order valence-electron chi connectivity index (χ4n) is 1.71. The monoisotopic (exact) mass is 279 g/mol. The number of imidazole rings is 1. The van der Waals surface area contributed by atoms with Gasteiger partial charge in [-0.1, -0.05) is 11.6 Å². The molecule has 3 nitrogen and oxygen atoms in total. The van der Waals surface area contributed by atoms with E-state index in [9.17, 15) is 4.39 Å². The highest BCUT2D eigenvalue weighted by atomic mass is 35.5. The second-order valence-corrected chi connectivity index (χ2v) is 4.89. The maximum absolute atomic E-state index is 13.1. The minimum atomic E-state index is -0.380. The van der Waals surface area contributed by atoms with Gasteiger partial charge in [0.25, 0.3) is 0 Å². The van der Waals surface area contributed by atoms with E-state index in [1.165, 1.54) is 6.07 Å². The van der Waals surface area contributed by atoms with Gasteiger partial charge in [-0.05, 0) is 17.4 Å². The quantitative estimate of drug-likeness (QED) is 0.641. The molecule has 3 rings (SSSR count). The number of hydrogen-bond donors (Lipinski definition) is 0. The molecule has 6 heteroatoms. The average molecular weight is 280 g/mol. The molecular weight excluding hydrogens is 272 g/mol. The van der Waals surface area contributed by atoms with E-state index in [4.69, 9.17) is 11.6 Å². The van der Waals surface area contributed by atoms with Crippen molar-refractivity contribution in [3.8, 4) is 11.3 Å². The second-order valence-electron chi connectivity index (χ2n) is 3.86. The molecule has 3 heterocycles. The van der Waals surface area contributed by atoms with E-state index < -0.39 is 0 Å². The molecule has 90 valence electrons. The molecule has 0 fully saturated rings. The van der Waals surface area contributed by atoms with Crippen LogP contribution in [0.3, 0.4) is 0 Å². The van der Waals surface area contributed by atoms with Gasteiger partial charge in [-0.25, -0.2) is 9.37 Å². The summed E-state index contributed by atoms with van der Waals surface area (Å²) in [7, 11) is 2.55. The summed E-state index contributed by atoms with van der Waals surface area (Å²) < 4.78 is 14.9. The van der Waals surface area contributed by atoms with E-state index >= 15 is 0 Å². The van der Waals surface area contributed by atoms with Crippen LogP contribution in [-0.2, 0) is 0 Å². The zero-order chi connectivity index (χ0) is 12.7. The maximum atomic E-state index is 13.1. The van der Waals surface area contributed by atoms with Crippen molar-refractivity contribution in [3.05, 3.63) is 47.8 Å². The lowest BCUT2D eigenvalue weighted by Gasteiger charge is -1.97. The van der Waals surface area contributed by atoms with Gasteiger partial charge in [-0.2, -0.15) is 0 Å². The molecule has 3 aromatic rings. The van der Waals surface area contributed by atoms with Crippen molar-refractivity contribution in [2.24, 2.45) is 0 Å². The average Bonchev–Trinajstić information content (AvgIpc) is 2.73. The van der Waals surface area contributed by atoms with Crippen molar-refractivity contribution in [2.45, 2.75) is 0 Å². The Morgan fingerprint density at radius 3 is 2.83 bits per heavy atom. The van der Waals surface area contributed by atoms with Gasteiger partial charge in [0.2, 0.25) is 0 Å². The van der Waals surface area contributed by atoms with Crippen LogP contribution in [0.1, 0.15) is 0 Å². The van der Waals surface area contributed by atoms with E-state index in [-0.39, 0.29) is 5.82 Å². The summed E-state index contributed by atoms with van der Waals surface area (Å²) in [6, 6.07) is 3.25. The normalized spacial score (nSPS) is 11.1. The summed E-state index contributed by atoms with van der Waals surface area (Å²) in [5.41, 5.74) is 2.05. The zero-order valence-corrected chi connectivity index (χ0v) is 11.0. The first-order valence-corrected chi connectivity index (χ1v) is 6.13. The van der Waals surface area contributed by atoms with Crippen LogP contribution >= 0.6 is 20.8 Å². The highest BCUT2D eigenvalue weighted by Crippen LogP contribution is 2.20. The molecule has 0 amide bonds. The lowest BCUT2D eigenvalue weighted by atomic mass is 10.2. The van der Waals surface area contributed by atoms with Crippen LogP contribution in [0, 0.1) is 5.82 Å². The zero-order valence-electron chi connectivity index (χ0n) is 9.14. The van der Waals surface area contributed by atoms with Gasteiger partial charge in [-0.3, -0.25) is 4.98 Å². The molecule has 18 heavy (non-hydrogen) atoms. The van der Waals surface area contributed by atoms with Gasteiger partial charge >= 0.3 is 0 Å². The number of fused-ring (bicyclic) bond motifs is 1. The SMILES string of the molecule is Fc1cncc(-c2cn3cc(Cl)c(P)cc3n2)c1. The van der Waals surface area contributed by atoms with Crippen LogP contribution in [0.4, 0.5) is 4.39 Å².